The number of benzene rings is 1. The van der Waals surface area contributed by atoms with Crippen LogP contribution in [0, 0.1) is 0 Å². The molecule has 0 aliphatic carbocycles. The van der Waals surface area contributed by atoms with Gasteiger partial charge in [0.1, 0.15) is 24.4 Å². The molecule has 0 unspecified atom stereocenters. The van der Waals surface area contributed by atoms with Crippen molar-refractivity contribution in [3.05, 3.63) is 36.9 Å². The highest BCUT2D eigenvalue weighted by Gasteiger charge is 2.26. The molecule has 1 fully saturated rings. The zero-order valence-corrected chi connectivity index (χ0v) is 13.4. The van der Waals surface area contributed by atoms with Crippen molar-refractivity contribution in [2.24, 2.45) is 0 Å². The van der Waals surface area contributed by atoms with Gasteiger partial charge in [-0.3, -0.25) is 4.79 Å². The van der Waals surface area contributed by atoms with Crippen molar-refractivity contribution in [3.8, 4) is 5.75 Å². The van der Waals surface area contributed by atoms with Crippen molar-refractivity contribution < 1.29 is 9.53 Å². The van der Waals surface area contributed by atoms with E-state index in [9.17, 15) is 4.79 Å². The number of piperazine rings is 1. The van der Waals surface area contributed by atoms with Crippen molar-refractivity contribution in [1.82, 2.24) is 19.7 Å². The maximum atomic E-state index is 12.5. The van der Waals surface area contributed by atoms with Crippen LogP contribution < -0.4 is 9.64 Å². The number of carbonyl (C=O) groups is 1. The molecule has 7 heteroatoms. The topological polar surface area (TPSA) is 63.5 Å². The standard InChI is InChI=1S/C16H21N5O2/c1-13(21-12-17-11-18-21)16(22)20-8-6-19(7-9-20)14-4-3-5-15(10-14)23-2/h3-5,10-13H,6-9H2,1-2H3/t13-/m1/s1. The predicted molar refractivity (Wildman–Crippen MR) is 86.5 cm³/mol. The highest BCUT2D eigenvalue weighted by atomic mass is 16.5. The number of rotatable bonds is 4. The van der Waals surface area contributed by atoms with Gasteiger partial charge in [-0.25, -0.2) is 9.67 Å². The van der Waals surface area contributed by atoms with Crippen LogP contribution in [0.15, 0.2) is 36.9 Å². The van der Waals surface area contributed by atoms with E-state index in [0.717, 1.165) is 24.5 Å². The van der Waals surface area contributed by atoms with E-state index < -0.39 is 0 Å². The van der Waals surface area contributed by atoms with Crippen molar-refractivity contribution in [3.63, 3.8) is 0 Å². The summed E-state index contributed by atoms with van der Waals surface area (Å²) in [5.74, 6) is 0.932. The lowest BCUT2D eigenvalue weighted by molar-refractivity contribution is -0.134. The van der Waals surface area contributed by atoms with E-state index in [1.54, 1.807) is 18.1 Å². The quantitative estimate of drug-likeness (QED) is 0.848. The van der Waals surface area contributed by atoms with Gasteiger partial charge in [-0.15, -0.1) is 0 Å². The zero-order chi connectivity index (χ0) is 16.2. The molecule has 2 aromatic rings. The molecule has 0 spiro atoms. The molecule has 0 bridgehead atoms. The first-order valence-electron chi connectivity index (χ1n) is 7.71. The molecule has 0 N–H and O–H groups in total. The van der Waals surface area contributed by atoms with Gasteiger partial charge in [0.25, 0.3) is 0 Å². The molecule has 1 aliphatic rings. The van der Waals surface area contributed by atoms with Crippen LogP contribution in [0.1, 0.15) is 13.0 Å². The molecule has 7 nitrogen and oxygen atoms in total. The van der Waals surface area contributed by atoms with Gasteiger partial charge in [-0.05, 0) is 19.1 Å². The average molecular weight is 315 g/mol. The fourth-order valence-corrected chi connectivity index (χ4v) is 2.79. The molecule has 2 heterocycles. The minimum atomic E-state index is -0.319. The third-order valence-electron chi connectivity index (χ3n) is 4.20. The molecule has 1 atom stereocenters. The molecule has 1 aliphatic heterocycles. The Bertz CT molecular complexity index is 650. The van der Waals surface area contributed by atoms with Crippen LogP contribution in [0.3, 0.4) is 0 Å². The summed E-state index contributed by atoms with van der Waals surface area (Å²) in [6.45, 7) is 4.88. The van der Waals surface area contributed by atoms with Gasteiger partial charge in [0.05, 0.1) is 7.11 Å². The number of methoxy groups -OCH3 is 1. The highest BCUT2D eigenvalue weighted by Crippen LogP contribution is 2.22. The van der Waals surface area contributed by atoms with Crippen LogP contribution in [-0.4, -0.2) is 58.9 Å². The molecule has 1 amide bonds. The van der Waals surface area contributed by atoms with Crippen molar-refractivity contribution in [2.75, 3.05) is 38.2 Å². The van der Waals surface area contributed by atoms with Gasteiger partial charge in [0.15, 0.2) is 0 Å². The molecule has 1 aromatic heterocycles. The van der Waals surface area contributed by atoms with E-state index in [4.69, 9.17) is 4.74 Å². The largest absolute Gasteiger partial charge is 0.497 e. The Balaban J connectivity index is 1.60. The van der Waals surface area contributed by atoms with Gasteiger partial charge < -0.3 is 14.5 Å². The van der Waals surface area contributed by atoms with Crippen molar-refractivity contribution in [1.29, 1.82) is 0 Å². The van der Waals surface area contributed by atoms with Crippen molar-refractivity contribution >= 4 is 11.6 Å². The minimum Gasteiger partial charge on any atom is -0.497 e. The molecule has 0 saturated carbocycles. The van der Waals surface area contributed by atoms with E-state index in [0.29, 0.717) is 13.1 Å². The summed E-state index contributed by atoms with van der Waals surface area (Å²) >= 11 is 0. The normalized spacial score (nSPS) is 16.3. The second-order valence-electron chi connectivity index (χ2n) is 5.57. The Morgan fingerprint density at radius 2 is 2.04 bits per heavy atom. The summed E-state index contributed by atoms with van der Waals surface area (Å²) in [5.41, 5.74) is 1.13. The molecule has 3 rings (SSSR count). The Morgan fingerprint density at radius 1 is 1.26 bits per heavy atom. The van der Waals surface area contributed by atoms with E-state index in [1.807, 2.05) is 30.0 Å². The van der Waals surface area contributed by atoms with Crippen LogP contribution in [0.4, 0.5) is 5.69 Å². The van der Waals surface area contributed by atoms with Crippen LogP contribution in [0.5, 0.6) is 5.75 Å². The number of amides is 1. The van der Waals surface area contributed by atoms with Crippen molar-refractivity contribution in [2.45, 2.75) is 13.0 Å². The van der Waals surface area contributed by atoms with E-state index >= 15 is 0 Å². The Labute approximate surface area is 135 Å². The lowest BCUT2D eigenvalue weighted by Crippen LogP contribution is -2.50. The number of hydrogen-bond acceptors (Lipinski definition) is 5. The fourth-order valence-electron chi connectivity index (χ4n) is 2.79. The number of anilines is 1. The predicted octanol–water partition coefficient (Wildman–Crippen LogP) is 1.20. The summed E-state index contributed by atoms with van der Waals surface area (Å²) in [6.07, 6.45) is 3.03. The number of nitrogens with zero attached hydrogens (tertiary/aromatic N) is 5. The summed E-state index contributed by atoms with van der Waals surface area (Å²) in [5, 5.41) is 4.05. The molecule has 1 aromatic carbocycles. The first-order valence-corrected chi connectivity index (χ1v) is 7.71. The van der Waals surface area contributed by atoms with Gasteiger partial charge >= 0.3 is 0 Å². The maximum absolute atomic E-state index is 12.5. The summed E-state index contributed by atoms with van der Waals surface area (Å²) in [6, 6.07) is 7.69. The van der Waals surface area contributed by atoms with Crippen LogP contribution >= 0.6 is 0 Å². The maximum Gasteiger partial charge on any atom is 0.247 e. The lowest BCUT2D eigenvalue weighted by atomic mass is 10.2. The van der Waals surface area contributed by atoms with E-state index in [2.05, 4.69) is 21.0 Å². The molecule has 122 valence electrons. The summed E-state index contributed by atoms with van der Waals surface area (Å²) in [7, 11) is 1.67. The number of ether oxygens (including phenoxy) is 1. The second kappa shape index (κ2) is 6.68. The van der Waals surface area contributed by atoms with Crippen LogP contribution in [0.25, 0.3) is 0 Å². The van der Waals surface area contributed by atoms with E-state index in [-0.39, 0.29) is 11.9 Å². The van der Waals surface area contributed by atoms with E-state index in [1.165, 1.54) is 6.33 Å². The monoisotopic (exact) mass is 315 g/mol. The number of carbonyl (C=O) groups excluding carboxylic acids is 1. The smallest absolute Gasteiger partial charge is 0.247 e. The minimum absolute atomic E-state index is 0.0841. The van der Waals surface area contributed by atoms with Gasteiger partial charge in [0.2, 0.25) is 5.91 Å². The third kappa shape index (κ3) is 3.28. The Hall–Kier alpha value is -2.57. The Morgan fingerprint density at radius 3 is 2.70 bits per heavy atom. The molecular formula is C16H21N5O2. The van der Waals surface area contributed by atoms with Gasteiger partial charge in [-0.1, -0.05) is 6.07 Å². The summed E-state index contributed by atoms with van der Waals surface area (Å²) < 4.78 is 6.87. The lowest BCUT2D eigenvalue weighted by Gasteiger charge is -2.37. The Kier molecular flexibility index (Phi) is 4.45. The van der Waals surface area contributed by atoms with Gasteiger partial charge in [0, 0.05) is 37.9 Å². The van der Waals surface area contributed by atoms with Crippen LogP contribution in [-0.2, 0) is 4.79 Å². The number of aromatic nitrogens is 3. The molecule has 23 heavy (non-hydrogen) atoms. The fraction of sp³-hybridized carbons (Fsp3) is 0.438. The molecule has 0 radical (unpaired) electrons. The third-order valence-corrected chi connectivity index (χ3v) is 4.20. The molecule has 1 saturated heterocycles. The average Bonchev–Trinajstić information content (AvgIpc) is 3.15. The first kappa shape index (κ1) is 15.3. The second-order valence-corrected chi connectivity index (χ2v) is 5.57. The highest BCUT2D eigenvalue weighted by molar-refractivity contribution is 5.80. The number of hydrogen-bond donors (Lipinski definition) is 0. The zero-order valence-electron chi connectivity index (χ0n) is 13.4. The summed E-state index contributed by atoms with van der Waals surface area (Å²) in [4.78, 5) is 20.6. The van der Waals surface area contributed by atoms with Gasteiger partial charge in [-0.2, -0.15) is 5.10 Å². The van der Waals surface area contributed by atoms with Crippen LogP contribution in [0.2, 0.25) is 0 Å². The molecular weight excluding hydrogens is 294 g/mol. The SMILES string of the molecule is COc1cccc(N2CCN(C(=O)[C@@H](C)n3cncn3)CC2)c1. The first-order chi connectivity index (χ1) is 11.2.